The Kier molecular flexibility index (Phi) is 11.9. The molecule has 5 rings (SSSR count). The fraction of sp³-hybridized carbons (Fsp3) is 0.316. The smallest absolute Gasteiger partial charge is 0.264 e. The summed E-state index contributed by atoms with van der Waals surface area (Å²) in [5, 5.41) is 3.67. The molecule has 0 unspecified atom stereocenters. The van der Waals surface area contributed by atoms with Gasteiger partial charge in [0.05, 0.1) is 24.8 Å². The highest BCUT2D eigenvalue weighted by Crippen LogP contribution is 2.34. The summed E-state index contributed by atoms with van der Waals surface area (Å²) >= 11 is 6.36. The van der Waals surface area contributed by atoms with Gasteiger partial charge in [-0.2, -0.15) is 0 Å². The third kappa shape index (κ3) is 8.93. The van der Waals surface area contributed by atoms with Gasteiger partial charge in [-0.1, -0.05) is 84.6 Å². The average Bonchev–Trinajstić information content (AvgIpc) is 3.62. The zero-order valence-electron chi connectivity index (χ0n) is 28.0. The SMILES string of the molecule is COc1ccc(N(CC(=O)N(Cc2cccc(Cl)c2)[C@@H](Cc2ccccc2)C(=O)NC2CCCC2)S(=O)(=O)c2ccc(C)cc2)cc1OC. The van der Waals surface area contributed by atoms with Crippen molar-refractivity contribution in [2.45, 2.75) is 62.6 Å². The molecular formula is C38H42ClN3O6S. The van der Waals surface area contributed by atoms with Crippen molar-refractivity contribution in [1.82, 2.24) is 10.2 Å². The summed E-state index contributed by atoms with van der Waals surface area (Å²) in [5.41, 5.74) is 2.65. The van der Waals surface area contributed by atoms with E-state index in [4.69, 9.17) is 21.1 Å². The molecule has 0 saturated heterocycles. The predicted octanol–water partition coefficient (Wildman–Crippen LogP) is 6.56. The molecule has 1 aliphatic carbocycles. The third-order valence-corrected chi connectivity index (χ3v) is 10.8. The number of carbonyl (C=O) groups is 2. The van der Waals surface area contributed by atoms with Crippen molar-refractivity contribution in [3.05, 3.63) is 119 Å². The average molecular weight is 704 g/mol. The number of hydrogen-bond donors (Lipinski definition) is 1. The van der Waals surface area contributed by atoms with E-state index in [9.17, 15) is 18.0 Å². The molecule has 1 fully saturated rings. The Labute approximate surface area is 293 Å². The van der Waals surface area contributed by atoms with Crippen LogP contribution in [0.4, 0.5) is 5.69 Å². The first-order valence-electron chi connectivity index (χ1n) is 16.3. The Morgan fingerprint density at radius 3 is 2.18 bits per heavy atom. The second-order valence-electron chi connectivity index (χ2n) is 12.2. The number of amides is 2. The number of methoxy groups -OCH3 is 2. The van der Waals surface area contributed by atoms with E-state index in [1.54, 1.807) is 42.5 Å². The zero-order valence-corrected chi connectivity index (χ0v) is 29.5. The second kappa shape index (κ2) is 16.2. The van der Waals surface area contributed by atoms with E-state index in [1.165, 1.54) is 37.3 Å². The Morgan fingerprint density at radius 1 is 0.857 bits per heavy atom. The number of anilines is 1. The number of ether oxygens (including phenoxy) is 2. The Balaban J connectivity index is 1.60. The van der Waals surface area contributed by atoms with Crippen molar-refractivity contribution in [1.29, 1.82) is 0 Å². The van der Waals surface area contributed by atoms with E-state index in [0.29, 0.717) is 22.1 Å². The largest absolute Gasteiger partial charge is 0.493 e. The van der Waals surface area contributed by atoms with E-state index in [2.05, 4.69) is 5.32 Å². The summed E-state index contributed by atoms with van der Waals surface area (Å²) < 4.78 is 40.7. The van der Waals surface area contributed by atoms with Crippen molar-refractivity contribution in [2.24, 2.45) is 0 Å². The molecule has 0 spiro atoms. The minimum absolute atomic E-state index is 0.0130. The van der Waals surface area contributed by atoms with E-state index in [-0.39, 0.29) is 35.5 Å². The highest BCUT2D eigenvalue weighted by Gasteiger charge is 2.36. The van der Waals surface area contributed by atoms with Crippen LogP contribution in [-0.2, 0) is 32.6 Å². The van der Waals surface area contributed by atoms with Gasteiger partial charge < -0.3 is 19.7 Å². The first kappa shape index (κ1) is 35.8. The highest BCUT2D eigenvalue weighted by molar-refractivity contribution is 7.92. The molecule has 2 amide bonds. The van der Waals surface area contributed by atoms with Crippen molar-refractivity contribution >= 4 is 39.1 Å². The summed E-state index contributed by atoms with van der Waals surface area (Å²) in [6.45, 7) is 1.30. The standard InChI is InChI=1S/C38H42ClN3O6S/c1-27-16-19-33(20-17-27)49(45,46)42(32-18-21-35(47-2)36(24-32)48-3)26-37(43)41(25-29-12-9-13-30(39)22-29)34(23-28-10-5-4-6-11-28)38(44)40-31-14-7-8-15-31/h4-6,9-13,16-22,24,31,34H,7-8,14-15,23,25-26H2,1-3H3,(H,40,44)/t34-/m0/s1. The number of nitrogens with one attached hydrogen (secondary N) is 1. The molecule has 11 heteroatoms. The van der Waals surface area contributed by atoms with Gasteiger partial charge in [0.2, 0.25) is 11.8 Å². The number of benzene rings is 4. The number of aryl methyl sites for hydroxylation is 1. The van der Waals surface area contributed by atoms with E-state index < -0.39 is 28.5 Å². The zero-order chi connectivity index (χ0) is 35.0. The first-order chi connectivity index (χ1) is 23.6. The van der Waals surface area contributed by atoms with Crippen LogP contribution in [0.1, 0.15) is 42.4 Å². The molecule has 0 aromatic heterocycles. The molecule has 49 heavy (non-hydrogen) atoms. The Morgan fingerprint density at radius 2 is 1.53 bits per heavy atom. The lowest BCUT2D eigenvalue weighted by molar-refractivity contribution is -0.140. The summed E-state index contributed by atoms with van der Waals surface area (Å²) in [6.07, 6.45) is 4.02. The third-order valence-electron chi connectivity index (χ3n) is 8.76. The van der Waals surface area contributed by atoms with Crippen molar-refractivity contribution in [3.8, 4) is 11.5 Å². The van der Waals surface area contributed by atoms with Crippen LogP contribution in [0.3, 0.4) is 0 Å². The number of carbonyl (C=O) groups excluding carboxylic acids is 2. The minimum Gasteiger partial charge on any atom is -0.493 e. The van der Waals surface area contributed by atoms with Gasteiger partial charge in [0.15, 0.2) is 11.5 Å². The van der Waals surface area contributed by atoms with E-state index in [0.717, 1.165) is 41.1 Å². The van der Waals surface area contributed by atoms with Crippen LogP contribution in [-0.4, -0.2) is 58.0 Å². The number of halogens is 1. The fourth-order valence-corrected chi connectivity index (χ4v) is 7.72. The molecule has 1 atom stereocenters. The Hall–Kier alpha value is -4.54. The van der Waals surface area contributed by atoms with Gasteiger partial charge in [0.25, 0.3) is 10.0 Å². The van der Waals surface area contributed by atoms with Crippen LogP contribution in [0.5, 0.6) is 11.5 Å². The van der Waals surface area contributed by atoms with Crippen LogP contribution >= 0.6 is 11.6 Å². The fourth-order valence-electron chi connectivity index (χ4n) is 6.10. The number of nitrogens with zero attached hydrogens (tertiary/aromatic N) is 2. The number of rotatable bonds is 14. The molecule has 1 aliphatic rings. The maximum absolute atomic E-state index is 14.8. The molecule has 1 N–H and O–H groups in total. The molecular weight excluding hydrogens is 662 g/mol. The van der Waals surface area contributed by atoms with Crippen LogP contribution < -0.4 is 19.1 Å². The van der Waals surface area contributed by atoms with Crippen LogP contribution in [0.15, 0.2) is 102 Å². The van der Waals surface area contributed by atoms with E-state index >= 15 is 0 Å². The molecule has 1 saturated carbocycles. The van der Waals surface area contributed by atoms with Gasteiger partial charge in [0, 0.05) is 30.1 Å². The summed E-state index contributed by atoms with van der Waals surface area (Å²) in [7, 11) is -1.34. The van der Waals surface area contributed by atoms with Crippen molar-refractivity contribution in [2.75, 3.05) is 25.1 Å². The summed E-state index contributed by atoms with van der Waals surface area (Å²) in [5.74, 6) is -0.150. The van der Waals surface area contributed by atoms with E-state index in [1.807, 2.05) is 43.3 Å². The highest BCUT2D eigenvalue weighted by atomic mass is 35.5. The van der Waals surface area contributed by atoms with Crippen LogP contribution in [0.25, 0.3) is 0 Å². The molecule has 0 heterocycles. The predicted molar refractivity (Wildman–Crippen MR) is 192 cm³/mol. The Bertz CT molecular complexity index is 1850. The van der Waals surface area contributed by atoms with Gasteiger partial charge in [0.1, 0.15) is 12.6 Å². The second-order valence-corrected chi connectivity index (χ2v) is 14.5. The first-order valence-corrected chi connectivity index (χ1v) is 18.1. The molecule has 0 bridgehead atoms. The van der Waals surface area contributed by atoms with Gasteiger partial charge in [-0.15, -0.1) is 0 Å². The van der Waals surface area contributed by atoms with Crippen LogP contribution in [0, 0.1) is 6.92 Å². The number of sulfonamides is 1. The minimum atomic E-state index is -4.28. The van der Waals surface area contributed by atoms with Crippen molar-refractivity contribution < 1.29 is 27.5 Å². The van der Waals surface area contributed by atoms with Gasteiger partial charge in [-0.3, -0.25) is 13.9 Å². The summed E-state index contributed by atoms with van der Waals surface area (Å²) in [4.78, 5) is 30.4. The molecule has 258 valence electrons. The molecule has 0 aliphatic heterocycles. The lowest BCUT2D eigenvalue weighted by Crippen LogP contribution is -2.54. The monoisotopic (exact) mass is 703 g/mol. The van der Waals surface area contributed by atoms with Crippen molar-refractivity contribution in [3.63, 3.8) is 0 Å². The molecule has 9 nitrogen and oxygen atoms in total. The molecule has 4 aromatic rings. The lowest BCUT2D eigenvalue weighted by Gasteiger charge is -2.34. The topological polar surface area (TPSA) is 105 Å². The lowest BCUT2D eigenvalue weighted by atomic mass is 10.0. The van der Waals surface area contributed by atoms with Crippen LogP contribution in [0.2, 0.25) is 5.02 Å². The quantitative estimate of drug-likeness (QED) is 0.160. The maximum atomic E-state index is 14.8. The van der Waals surface area contributed by atoms with Gasteiger partial charge in [-0.05, 0) is 67.3 Å². The van der Waals surface area contributed by atoms with Gasteiger partial charge >= 0.3 is 0 Å². The van der Waals surface area contributed by atoms with Gasteiger partial charge in [-0.25, -0.2) is 8.42 Å². The molecule has 4 aromatic carbocycles. The summed E-state index contributed by atoms with van der Waals surface area (Å²) in [6, 6.07) is 26.8. The number of hydrogen-bond acceptors (Lipinski definition) is 6. The normalized spacial score (nSPS) is 13.8. The molecule has 0 radical (unpaired) electrons. The maximum Gasteiger partial charge on any atom is 0.264 e.